The van der Waals surface area contributed by atoms with Gasteiger partial charge in [-0.2, -0.15) is 0 Å². The molecule has 0 radical (unpaired) electrons. The topological polar surface area (TPSA) is 54.6 Å². The van der Waals surface area contributed by atoms with Crippen molar-refractivity contribution in [3.63, 3.8) is 0 Å². The van der Waals surface area contributed by atoms with Crippen LogP contribution < -0.4 is 0 Å². The van der Waals surface area contributed by atoms with Crippen LogP contribution in [-0.2, 0) is 17.6 Å². The van der Waals surface area contributed by atoms with Crippen molar-refractivity contribution in [2.75, 3.05) is 0 Å². The zero-order chi connectivity index (χ0) is 11.7. The summed E-state index contributed by atoms with van der Waals surface area (Å²) in [5.74, 6) is -0.0365. The molecule has 0 saturated heterocycles. The van der Waals surface area contributed by atoms with Gasteiger partial charge in [0.2, 0.25) is 0 Å². The smallest absolute Gasteiger partial charge is 0.309 e. The van der Waals surface area contributed by atoms with E-state index in [1.54, 1.807) is 12.1 Å². The van der Waals surface area contributed by atoms with E-state index in [-0.39, 0.29) is 6.42 Å². The van der Waals surface area contributed by atoms with Crippen molar-refractivity contribution in [2.24, 2.45) is 0 Å². The van der Waals surface area contributed by atoms with Crippen molar-refractivity contribution >= 4 is 23.1 Å². The van der Waals surface area contributed by atoms with E-state index in [4.69, 9.17) is 16.7 Å². The number of fused-ring (bicyclic) bond motifs is 1. The Kier molecular flexibility index (Phi) is 2.83. The van der Waals surface area contributed by atoms with E-state index in [1.807, 2.05) is 17.5 Å². The minimum atomic E-state index is -0.886. The second-order valence-corrected chi connectivity index (χ2v) is 3.94. The average Bonchev–Trinajstić information content (AvgIpc) is 2.55. The van der Waals surface area contributed by atoms with Gasteiger partial charge in [-0.1, -0.05) is 18.5 Å². The Morgan fingerprint density at radius 1 is 1.62 bits per heavy atom. The van der Waals surface area contributed by atoms with Crippen molar-refractivity contribution in [2.45, 2.75) is 19.8 Å². The second kappa shape index (κ2) is 4.14. The summed E-state index contributed by atoms with van der Waals surface area (Å²) in [5.41, 5.74) is 1.33. The number of hydrogen-bond donors (Lipinski definition) is 1. The van der Waals surface area contributed by atoms with E-state index in [1.165, 1.54) is 0 Å². The molecule has 84 valence electrons. The number of imidazole rings is 1. The summed E-state index contributed by atoms with van der Waals surface area (Å²) in [6, 6.07) is 3.51. The van der Waals surface area contributed by atoms with Crippen LogP contribution in [0.15, 0.2) is 18.3 Å². The Morgan fingerprint density at radius 3 is 3.00 bits per heavy atom. The van der Waals surface area contributed by atoms with E-state index in [0.29, 0.717) is 10.7 Å². The van der Waals surface area contributed by atoms with Crippen molar-refractivity contribution in [1.29, 1.82) is 0 Å². The lowest BCUT2D eigenvalue weighted by Crippen LogP contribution is -2.00. The van der Waals surface area contributed by atoms with Crippen LogP contribution in [0, 0.1) is 0 Å². The highest BCUT2D eigenvalue weighted by atomic mass is 35.5. The van der Waals surface area contributed by atoms with Crippen molar-refractivity contribution in [3.05, 3.63) is 34.9 Å². The van der Waals surface area contributed by atoms with Gasteiger partial charge in [-0.15, -0.1) is 0 Å². The lowest BCUT2D eigenvalue weighted by atomic mass is 10.2. The molecule has 2 aromatic rings. The molecule has 0 saturated carbocycles. The number of carboxylic acid groups (broad SMARTS) is 1. The maximum absolute atomic E-state index is 10.7. The van der Waals surface area contributed by atoms with E-state index in [2.05, 4.69) is 4.98 Å². The van der Waals surface area contributed by atoms with Gasteiger partial charge in [0, 0.05) is 17.6 Å². The van der Waals surface area contributed by atoms with Gasteiger partial charge in [0.05, 0.1) is 17.6 Å². The maximum atomic E-state index is 10.7. The van der Waals surface area contributed by atoms with Gasteiger partial charge < -0.3 is 9.51 Å². The van der Waals surface area contributed by atoms with Gasteiger partial charge >= 0.3 is 5.97 Å². The molecule has 2 aromatic heterocycles. The Morgan fingerprint density at radius 2 is 2.38 bits per heavy atom. The molecule has 1 N–H and O–H groups in total. The molecule has 0 aliphatic rings. The zero-order valence-electron chi connectivity index (χ0n) is 8.77. The predicted octanol–water partition coefficient (Wildman–Crippen LogP) is 2.18. The normalized spacial score (nSPS) is 10.9. The highest BCUT2D eigenvalue weighted by Gasteiger charge is 2.12. The number of carboxylic acids is 1. The number of pyridine rings is 1. The van der Waals surface area contributed by atoms with Gasteiger partial charge in [0.1, 0.15) is 5.82 Å². The van der Waals surface area contributed by atoms with Gasteiger partial charge in [-0.3, -0.25) is 4.79 Å². The van der Waals surface area contributed by atoms with Crippen molar-refractivity contribution < 1.29 is 9.90 Å². The van der Waals surface area contributed by atoms with E-state index in [9.17, 15) is 4.79 Å². The lowest BCUT2D eigenvalue weighted by molar-refractivity contribution is -0.136. The Labute approximate surface area is 97.5 Å². The Balaban J connectivity index is 2.63. The molecule has 0 spiro atoms. The van der Waals surface area contributed by atoms with Crippen LogP contribution in [0.2, 0.25) is 5.02 Å². The number of carbonyl (C=O) groups is 1. The average molecular weight is 239 g/mol. The van der Waals surface area contributed by atoms with Gasteiger partial charge in [-0.05, 0) is 12.1 Å². The molecule has 0 amide bonds. The number of halogens is 1. The molecule has 0 fully saturated rings. The summed E-state index contributed by atoms with van der Waals surface area (Å²) < 4.78 is 1.88. The molecule has 5 heteroatoms. The fraction of sp³-hybridized carbons (Fsp3) is 0.273. The summed E-state index contributed by atoms with van der Waals surface area (Å²) in [5, 5.41) is 9.38. The third-order valence-electron chi connectivity index (χ3n) is 2.39. The predicted molar refractivity (Wildman–Crippen MR) is 60.9 cm³/mol. The fourth-order valence-electron chi connectivity index (χ4n) is 1.71. The Hall–Kier alpha value is -1.55. The van der Waals surface area contributed by atoms with Crippen LogP contribution in [0.4, 0.5) is 0 Å². The first-order valence-corrected chi connectivity index (χ1v) is 5.36. The van der Waals surface area contributed by atoms with Crippen LogP contribution in [0.3, 0.4) is 0 Å². The molecule has 0 unspecified atom stereocenters. The summed E-state index contributed by atoms with van der Waals surface area (Å²) >= 11 is 5.89. The molecule has 2 heterocycles. The highest BCUT2D eigenvalue weighted by molar-refractivity contribution is 6.30. The fourth-order valence-corrected chi connectivity index (χ4v) is 1.87. The van der Waals surface area contributed by atoms with Crippen molar-refractivity contribution in [1.82, 2.24) is 9.38 Å². The molecule has 0 aliphatic heterocycles. The van der Waals surface area contributed by atoms with Crippen LogP contribution in [-0.4, -0.2) is 20.5 Å². The quantitative estimate of drug-likeness (QED) is 0.892. The third kappa shape index (κ3) is 1.88. The summed E-state index contributed by atoms with van der Waals surface area (Å²) in [4.78, 5) is 15.0. The van der Waals surface area contributed by atoms with Gasteiger partial charge in [0.25, 0.3) is 0 Å². The minimum absolute atomic E-state index is 0.0795. The molecule has 0 aromatic carbocycles. The largest absolute Gasteiger partial charge is 0.481 e. The van der Waals surface area contributed by atoms with E-state index >= 15 is 0 Å². The van der Waals surface area contributed by atoms with E-state index in [0.717, 1.165) is 17.8 Å². The molecule has 0 atom stereocenters. The number of hydrogen-bond acceptors (Lipinski definition) is 2. The third-order valence-corrected chi connectivity index (χ3v) is 2.62. The summed E-state index contributed by atoms with van der Waals surface area (Å²) in [6.07, 6.45) is 2.49. The van der Waals surface area contributed by atoms with Crippen LogP contribution >= 0.6 is 11.6 Å². The van der Waals surface area contributed by atoms with Crippen molar-refractivity contribution in [3.8, 4) is 0 Å². The van der Waals surface area contributed by atoms with Gasteiger partial charge in [-0.25, -0.2) is 4.98 Å². The standard InChI is InChI=1S/C11H11ClN2O2/c1-2-10-13-8(6-11(15)16)9-5-7(12)3-4-14(9)10/h3-5H,2,6H2,1H3,(H,15,16). The van der Waals surface area contributed by atoms with Crippen LogP contribution in [0.25, 0.3) is 5.52 Å². The number of rotatable bonds is 3. The SMILES string of the molecule is CCc1nc(CC(=O)O)c2cc(Cl)ccn12. The molecular weight excluding hydrogens is 228 g/mol. The number of nitrogens with zero attached hydrogens (tertiary/aromatic N) is 2. The molecule has 16 heavy (non-hydrogen) atoms. The summed E-state index contributed by atoms with van der Waals surface area (Å²) in [7, 11) is 0. The highest BCUT2D eigenvalue weighted by Crippen LogP contribution is 2.19. The first kappa shape index (κ1) is 11.0. The molecular formula is C11H11ClN2O2. The first-order valence-electron chi connectivity index (χ1n) is 4.99. The minimum Gasteiger partial charge on any atom is -0.481 e. The molecule has 2 rings (SSSR count). The lowest BCUT2D eigenvalue weighted by Gasteiger charge is -1.98. The number of aliphatic carboxylic acids is 1. The van der Waals surface area contributed by atoms with Crippen LogP contribution in [0.5, 0.6) is 0 Å². The molecule has 0 bridgehead atoms. The zero-order valence-corrected chi connectivity index (χ0v) is 9.53. The molecule has 0 aliphatic carbocycles. The summed E-state index contributed by atoms with van der Waals surface area (Å²) in [6.45, 7) is 1.98. The number of aromatic nitrogens is 2. The van der Waals surface area contributed by atoms with Gasteiger partial charge in [0.15, 0.2) is 0 Å². The monoisotopic (exact) mass is 238 g/mol. The van der Waals surface area contributed by atoms with E-state index < -0.39 is 5.97 Å². The number of aryl methyl sites for hydroxylation is 1. The second-order valence-electron chi connectivity index (χ2n) is 3.50. The van der Waals surface area contributed by atoms with Crippen LogP contribution in [0.1, 0.15) is 18.4 Å². The first-order chi connectivity index (χ1) is 7.61. The Bertz CT molecular complexity index is 548. The molecule has 4 nitrogen and oxygen atoms in total. The maximum Gasteiger partial charge on any atom is 0.309 e.